The maximum Gasteiger partial charge on any atom is -0.00552 e. The van der Waals surface area contributed by atoms with E-state index in [2.05, 4.69) is 58.4 Å². The van der Waals surface area contributed by atoms with Crippen molar-refractivity contribution in [2.45, 2.75) is 27.2 Å². The molecule has 0 fully saturated rings. The Morgan fingerprint density at radius 1 is 0.941 bits per heavy atom. The minimum Gasteiger partial charge on any atom is -0.0810 e. The summed E-state index contributed by atoms with van der Waals surface area (Å²) < 4.78 is 0. The van der Waals surface area contributed by atoms with Crippen LogP contribution in [0.25, 0.3) is 5.57 Å². The van der Waals surface area contributed by atoms with Gasteiger partial charge in [0.2, 0.25) is 0 Å². The molecule has 17 heavy (non-hydrogen) atoms. The normalized spacial score (nSPS) is 16.4. The van der Waals surface area contributed by atoms with Crippen molar-refractivity contribution in [3.05, 3.63) is 46.5 Å². The van der Waals surface area contributed by atoms with Gasteiger partial charge in [-0.15, -0.1) is 0 Å². The summed E-state index contributed by atoms with van der Waals surface area (Å²) in [5, 5.41) is 1.54. The molecule has 0 unspecified atom stereocenters. The Labute approximate surface area is 106 Å². The molecule has 0 N–H and O–H groups in total. The van der Waals surface area contributed by atoms with Crippen molar-refractivity contribution in [3.8, 4) is 0 Å². The molecule has 0 aliphatic heterocycles. The fourth-order valence-electron chi connectivity index (χ4n) is 2.49. The Hall–Kier alpha value is -0.870. The molecule has 90 valence electrons. The van der Waals surface area contributed by atoms with Gasteiger partial charge < -0.3 is 0 Å². The summed E-state index contributed by atoms with van der Waals surface area (Å²) >= 11 is 0. The molecule has 0 saturated carbocycles. The number of hydrogen-bond acceptors (Lipinski definition) is 0. The topological polar surface area (TPSA) is 0 Å². The zero-order valence-corrected chi connectivity index (χ0v) is 12.4. The fraction of sp³-hybridized carbons (Fsp3) is 0.375. The van der Waals surface area contributed by atoms with Gasteiger partial charge in [-0.1, -0.05) is 37.8 Å². The lowest BCUT2D eigenvalue weighted by Gasteiger charge is -2.15. The van der Waals surface area contributed by atoms with Gasteiger partial charge in [0.15, 0.2) is 0 Å². The highest BCUT2D eigenvalue weighted by atomic mass is 31.1. The van der Waals surface area contributed by atoms with Crippen LogP contribution in [0.3, 0.4) is 0 Å². The molecule has 1 aliphatic carbocycles. The first-order valence-corrected chi connectivity index (χ1v) is 8.39. The third-order valence-corrected chi connectivity index (χ3v) is 5.16. The molecule has 0 saturated heterocycles. The molecule has 2 rings (SSSR count). The van der Waals surface area contributed by atoms with E-state index in [0.717, 1.165) is 6.42 Å². The first kappa shape index (κ1) is 12.6. The molecule has 0 nitrogen and oxygen atoms in total. The largest absolute Gasteiger partial charge is 0.0810 e. The highest BCUT2D eigenvalue weighted by molar-refractivity contribution is 7.64. The van der Waals surface area contributed by atoms with Gasteiger partial charge in [-0.05, 0) is 68.1 Å². The number of benzene rings is 1. The van der Waals surface area contributed by atoms with Gasteiger partial charge in [-0.2, -0.15) is 0 Å². The van der Waals surface area contributed by atoms with Crippen LogP contribution < -0.4 is 5.30 Å². The molecule has 0 bridgehead atoms. The van der Waals surface area contributed by atoms with Gasteiger partial charge in [0.25, 0.3) is 0 Å². The van der Waals surface area contributed by atoms with Gasteiger partial charge in [-0.25, -0.2) is 0 Å². The van der Waals surface area contributed by atoms with Crippen LogP contribution in [0.2, 0.25) is 0 Å². The Morgan fingerprint density at radius 3 is 2.12 bits per heavy atom. The molecular weight excluding hydrogens is 223 g/mol. The molecular formula is C16H21P. The van der Waals surface area contributed by atoms with Crippen molar-refractivity contribution in [3.63, 3.8) is 0 Å². The Bertz CT molecular complexity index is 504. The number of rotatable bonds is 2. The standard InChI is InChI=1S/C16H21P/c1-11-10-15(13(3)12(11)2)14-8-6-7-9-16(14)17(4)5/h6-9H,10H2,1-5H3. The lowest BCUT2D eigenvalue weighted by Crippen LogP contribution is -2.06. The molecule has 0 amide bonds. The average molecular weight is 244 g/mol. The monoisotopic (exact) mass is 244 g/mol. The number of allylic oxidation sites excluding steroid dienone is 4. The minimum absolute atomic E-state index is 0.0328. The zero-order valence-electron chi connectivity index (χ0n) is 11.5. The Balaban J connectivity index is 2.51. The molecule has 0 spiro atoms. The van der Waals surface area contributed by atoms with Crippen molar-refractivity contribution in [2.75, 3.05) is 13.3 Å². The maximum atomic E-state index is 2.34. The summed E-state index contributed by atoms with van der Waals surface area (Å²) in [6, 6.07) is 8.92. The summed E-state index contributed by atoms with van der Waals surface area (Å²) in [6.07, 6.45) is 1.14. The smallest absolute Gasteiger partial charge is 0.00552 e. The molecule has 0 aromatic heterocycles. The van der Waals surface area contributed by atoms with E-state index >= 15 is 0 Å². The summed E-state index contributed by atoms with van der Waals surface area (Å²) in [5.74, 6) is 0. The second kappa shape index (κ2) is 4.78. The van der Waals surface area contributed by atoms with E-state index < -0.39 is 0 Å². The molecule has 0 radical (unpaired) electrons. The SMILES string of the molecule is CC1=C(C)C(C)=C(c2ccccc2P(C)C)C1. The third-order valence-electron chi connectivity index (χ3n) is 3.81. The summed E-state index contributed by atoms with van der Waals surface area (Å²) in [5.41, 5.74) is 7.55. The highest BCUT2D eigenvalue weighted by Crippen LogP contribution is 2.39. The van der Waals surface area contributed by atoms with Crippen LogP contribution in [-0.2, 0) is 0 Å². The van der Waals surface area contributed by atoms with Crippen LogP contribution in [0.4, 0.5) is 0 Å². The van der Waals surface area contributed by atoms with E-state index in [-0.39, 0.29) is 7.92 Å². The lowest BCUT2D eigenvalue weighted by atomic mass is 10.0. The molecule has 1 aliphatic rings. The van der Waals surface area contributed by atoms with Crippen molar-refractivity contribution in [2.24, 2.45) is 0 Å². The number of hydrogen-bond donors (Lipinski definition) is 0. The fourth-order valence-corrected chi connectivity index (χ4v) is 3.57. The minimum atomic E-state index is -0.0328. The molecule has 0 heterocycles. The summed E-state index contributed by atoms with van der Waals surface area (Å²) in [7, 11) is -0.0328. The van der Waals surface area contributed by atoms with Gasteiger partial charge >= 0.3 is 0 Å². The van der Waals surface area contributed by atoms with Crippen molar-refractivity contribution in [1.29, 1.82) is 0 Å². The van der Waals surface area contributed by atoms with E-state index in [1.165, 1.54) is 22.3 Å². The molecule has 0 atom stereocenters. The predicted molar refractivity (Wildman–Crippen MR) is 80.4 cm³/mol. The van der Waals surface area contributed by atoms with Crippen LogP contribution in [0, 0.1) is 0 Å². The Morgan fingerprint density at radius 2 is 1.59 bits per heavy atom. The highest BCUT2D eigenvalue weighted by Gasteiger charge is 2.19. The molecule has 1 heteroatoms. The van der Waals surface area contributed by atoms with Crippen LogP contribution in [-0.4, -0.2) is 13.3 Å². The van der Waals surface area contributed by atoms with Crippen LogP contribution in [0.5, 0.6) is 0 Å². The van der Waals surface area contributed by atoms with E-state index in [9.17, 15) is 0 Å². The quantitative estimate of drug-likeness (QED) is 0.669. The molecule has 1 aromatic carbocycles. The van der Waals surface area contributed by atoms with Gasteiger partial charge in [0.05, 0.1) is 0 Å². The molecule has 1 aromatic rings. The summed E-state index contributed by atoms with van der Waals surface area (Å²) in [6.45, 7) is 11.5. The van der Waals surface area contributed by atoms with Gasteiger partial charge in [-0.3, -0.25) is 0 Å². The summed E-state index contributed by atoms with van der Waals surface area (Å²) in [4.78, 5) is 0. The van der Waals surface area contributed by atoms with Crippen LogP contribution in [0.15, 0.2) is 41.0 Å². The van der Waals surface area contributed by atoms with Gasteiger partial charge in [0, 0.05) is 0 Å². The van der Waals surface area contributed by atoms with E-state index in [4.69, 9.17) is 0 Å². The predicted octanol–water partition coefficient (Wildman–Crippen LogP) is 4.57. The van der Waals surface area contributed by atoms with Crippen LogP contribution >= 0.6 is 7.92 Å². The third kappa shape index (κ3) is 2.24. The first-order valence-electron chi connectivity index (χ1n) is 6.15. The second-order valence-corrected chi connectivity index (χ2v) is 7.37. The maximum absolute atomic E-state index is 2.34. The Kier molecular flexibility index (Phi) is 3.54. The van der Waals surface area contributed by atoms with Crippen molar-refractivity contribution in [1.82, 2.24) is 0 Å². The lowest BCUT2D eigenvalue weighted by molar-refractivity contribution is 1.22. The second-order valence-electron chi connectivity index (χ2n) is 5.10. The van der Waals surface area contributed by atoms with Gasteiger partial charge in [0.1, 0.15) is 0 Å². The van der Waals surface area contributed by atoms with E-state index in [1.54, 1.807) is 10.9 Å². The van der Waals surface area contributed by atoms with E-state index in [0.29, 0.717) is 0 Å². The van der Waals surface area contributed by atoms with E-state index in [1.807, 2.05) is 0 Å². The van der Waals surface area contributed by atoms with Crippen molar-refractivity contribution >= 4 is 18.8 Å². The average Bonchev–Trinajstić information content (AvgIpc) is 2.57. The van der Waals surface area contributed by atoms with Crippen molar-refractivity contribution < 1.29 is 0 Å². The van der Waals surface area contributed by atoms with Crippen LogP contribution in [0.1, 0.15) is 32.8 Å². The zero-order chi connectivity index (χ0) is 12.6. The first-order chi connectivity index (χ1) is 8.02.